The second kappa shape index (κ2) is 8.61. The van der Waals surface area contributed by atoms with Gasteiger partial charge in [0.2, 0.25) is 0 Å². The maximum absolute atomic E-state index is 12.3. The minimum Gasteiger partial charge on any atom is -0.304 e. The van der Waals surface area contributed by atoms with Crippen molar-refractivity contribution in [3.63, 3.8) is 0 Å². The number of rotatable bonds is 10. The van der Waals surface area contributed by atoms with Crippen molar-refractivity contribution in [2.75, 3.05) is 13.2 Å². The Morgan fingerprint density at radius 1 is 1.18 bits per heavy atom. The third-order valence-corrected chi connectivity index (χ3v) is 4.71. The van der Waals surface area contributed by atoms with Crippen LogP contribution >= 0.6 is 7.60 Å². The average molecular weight is 267 g/mol. The van der Waals surface area contributed by atoms with Crippen molar-refractivity contribution in [1.82, 2.24) is 0 Å². The zero-order valence-electron chi connectivity index (χ0n) is 10.8. The predicted octanol–water partition coefficient (Wildman–Crippen LogP) is 3.44. The van der Waals surface area contributed by atoms with Gasteiger partial charge in [-0.3, -0.25) is 14.7 Å². The van der Waals surface area contributed by atoms with E-state index in [1.807, 2.05) is 6.92 Å². The lowest BCUT2D eigenvalue weighted by molar-refractivity contribution is -0.502. The summed E-state index contributed by atoms with van der Waals surface area (Å²) in [6.07, 6.45) is 2.73. The van der Waals surface area contributed by atoms with Crippen LogP contribution < -0.4 is 0 Å². The first-order valence-electron chi connectivity index (χ1n) is 6.04. The molecule has 0 unspecified atom stereocenters. The van der Waals surface area contributed by atoms with E-state index in [2.05, 4.69) is 0 Å². The minimum absolute atomic E-state index is 0.148. The molecule has 0 amide bonds. The molecule has 0 aromatic rings. The second-order valence-corrected chi connectivity index (χ2v) is 5.83. The van der Waals surface area contributed by atoms with Gasteiger partial charge in [-0.15, -0.1) is 0 Å². The Balaban J connectivity index is 4.71. The zero-order valence-corrected chi connectivity index (χ0v) is 11.7. The molecular formula is C10H22NO5P. The molecule has 0 aromatic heterocycles. The number of hydrogen-bond acceptors (Lipinski definition) is 5. The van der Waals surface area contributed by atoms with E-state index in [4.69, 9.17) is 9.05 Å². The molecule has 0 heterocycles. The standard InChI is InChI=1S/C10H22NO5P/c1-4-7-8-9-10(11(12)13)17(14,15-5-2)16-6-3/h10H,4-9H2,1-3H3/t10-/m0/s1. The SMILES string of the molecule is CCCCC[C@@H]([N+](=O)[O-])P(=O)(OCC)OCC. The van der Waals surface area contributed by atoms with Crippen LogP contribution in [-0.4, -0.2) is 23.9 Å². The topological polar surface area (TPSA) is 78.7 Å². The van der Waals surface area contributed by atoms with E-state index >= 15 is 0 Å². The highest BCUT2D eigenvalue weighted by Gasteiger charge is 2.44. The highest BCUT2D eigenvalue weighted by molar-refractivity contribution is 7.54. The lowest BCUT2D eigenvalue weighted by atomic mass is 10.2. The molecule has 0 aliphatic carbocycles. The van der Waals surface area contributed by atoms with Crippen LogP contribution in [0.3, 0.4) is 0 Å². The van der Waals surface area contributed by atoms with E-state index < -0.39 is 18.3 Å². The van der Waals surface area contributed by atoms with Crippen molar-refractivity contribution < 1.29 is 18.5 Å². The molecule has 0 saturated carbocycles. The fourth-order valence-electron chi connectivity index (χ4n) is 1.53. The summed E-state index contributed by atoms with van der Waals surface area (Å²) in [4.78, 5) is 10.4. The van der Waals surface area contributed by atoms with Gasteiger partial charge < -0.3 is 9.05 Å². The molecule has 0 radical (unpaired) electrons. The van der Waals surface area contributed by atoms with Gasteiger partial charge in [-0.05, 0) is 20.3 Å². The summed E-state index contributed by atoms with van der Waals surface area (Å²) < 4.78 is 22.3. The Kier molecular flexibility index (Phi) is 8.39. The van der Waals surface area contributed by atoms with Crippen LogP contribution in [0.2, 0.25) is 0 Å². The van der Waals surface area contributed by atoms with Gasteiger partial charge in [-0.1, -0.05) is 19.8 Å². The molecular weight excluding hydrogens is 245 g/mol. The number of nitrogens with zero attached hydrogens (tertiary/aromatic N) is 1. The molecule has 0 spiro atoms. The lowest BCUT2D eigenvalue weighted by Crippen LogP contribution is -2.22. The maximum Gasteiger partial charge on any atom is 0.403 e. The van der Waals surface area contributed by atoms with Gasteiger partial charge in [-0.2, -0.15) is 0 Å². The first kappa shape index (κ1) is 16.6. The minimum atomic E-state index is -3.62. The third kappa shape index (κ3) is 5.61. The van der Waals surface area contributed by atoms with Crippen molar-refractivity contribution in [3.05, 3.63) is 10.1 Å². The summed E-state index contributed by atoms with van der Waals surface area (Å²) in [6.45, 7) is 5.60. The molecule has 6 nitrogen and oxygen atoms in total. The van der Waals surface area contributed by atoms with Crippen LogP contribution in [0.4, 0.5) is 0 Å². The molecule has 0 fully saturated rings. The van der Waals surface area contributed by atoms with Gasteiger partial charge in [0, 0.05) is 11.3 Å². The van der Waals surface area contributed by atoms with Crippen molar-refractivity contribution >= 4 is 7.60 Å². The van der Waals surface area contributed by atoms with E-state index in [0.717, 1.165) is 12.8 Å². The number of unbranched alkanes of at least 4 members (excludes halogenated alkanes) is 2. The molecule has 0 aliphatic heterocycles. The van der Waals surface area contributed by atoms with E-state index in [9.17, 15) is 14.7 Å². The molecule has 0 aliphatic rings. The molecule has 0 aromatic carbocycles. The largest absolute Gasteiger partial charge is 0.403 e. The Bertz CT molecular complexity index is 261. The molecule has 17 heavy (non-hydrogen) atoms. The normalized spacial score (nSPS) is 13.6. The van der Waals surface area contributed by atoms with E-state index in [-0.39, 0.29) is 19.6 Å². The molecule has 0 saturated heterocycles. The van der Waals surface area contributed by atoms with Gasteiger partial charge in [0.05, 0.1) is 13.2 Å². The summed E-state index contributed by atoms with van der Waals surface area (Å²) >= 11 is 0. The van der Waals surface area contributed by atoms with Crippen molar-refractivity contribution in [2.45, 2.75) is 52.2 Å². The van der Waals surface area contributed by atoms with E-state index in [0.29, 0.717) is 6.42 Å². The van der Waals surface area contributed by atoms with Gasteiger partial charge in [0.25, 0.3) is 0 Å². The van der Waals surface area contributed by atoms with Crippen LogP contribution in [0.1, 0.15) is 46.5 Å². The fourth-order valence-corrected chi connectivity index (χ4v) is 3.39. The van der Waals surface area contributed by atoms with Crippen LogP contribution in [0, 0.1) is 10.1 Å². The van der Waals surface area contributed by atoms with Gasteiger partial charge in [-0.25, -0.2) is 0 Å². The van der Waals surface area contributed by atoms with Gasteiger partial charge in [0.15, 0.2) is 0 Å². The van der Waals surface area contributed by atoms with Crippen LogP contribution in [0.5, 0.6) is 0 Å². The Labute approximate surface area is 102 Å². The van der Waals surface area contributed by atoms with E-state index in [1.54, 1.807) is 13.8 Å². The predicted molar refractivity (Wildman–Crippen MR) is 65.8 cm³/mol. The Morgan fingerprint density at radius 2 is 1.71 bits per heavy atom. The zero-order chi connectivity index (χ0) is 13.3. The van der Waals surface area contributed by atoms with Crippen LogP contribution in [-0.2, 0) is 13.6 Å². The van der Waals surface area contributed by atoms with Crippen molar-refractivity contribution in [3.8, 4) is 0 Å². The third-order valence-electron chi connectivity index (χ3n) is 2.29. The van der Waals surface area contributed by atoms with Gasteiger partial charge >= 0.3 is 13.4 Å². The number of hydrogen-bond donors (Lipinski definition) is 0. The Hall–Kier alpha value is -0.450. The van der Waals surface area contributed by atoms with Crippen LogP contribution in [0.25, 0.3) is 0 Å². The van der Waals surface area contributed by atoms with Crippen molar-refractivity contribution in [2.24, 2.45) is 0 Å². The molecule has 1 atom stereocenters. The second-order valence-electron chi connectivity index (χ2n) is 3.64. The average Bonchev–Trinajstić information content (AvgIpc) is 2.24. The summed E-state index contributed by atoms with van der Waals surface area (Å²) in [5, 5.41) is 11.0. The molecule has 0 N–H and O–H groups in total. The first-order valence-corrected chi connectivity index (χ1v) is 7.65. The summed E-state index contributed by atoms with van der Waals surface area (Å²) in [5.41, 5.74) is 0. The first-order chi connectivity index (χ1) is 8.01. The maximum atomic E-state index is 12.3. The lowest BCUT2D eigenvalue weighted by Gasteiger charge is -2.20. The highest BCUT2D eigenvalue weighted by Crippen LogP contribution is 2.54. The van der Waals surface area contributed by atoms with Gasteiger partial charge in [0.1, 0.15) is 0 Å². The molecule has 7 heteroatoms. The summed E-state index contributed by atoms with van der Waals surface area (Å²) in [6, 6.07) is 0. The summed E-state index contributed by atoms with van der Waals surface area (Å²) in [7, 11) is -3.62. The monoisotopic (exact) mass is 267 g/mol. The van der Waals surface area contributed by atoms with Crippen LogP contribution in [0.15, 0.2) is 0 Å². The van der Waals surface area contributed by atoms with E-state index in [1.165, 1.54) is 0 Å². The highest BCUT2D eigenvalue weighted by atomic mass is 31.2. The molecule has 0 bridgehead atoms. The molecule has 102 valence electrons. The smallest absolute Gasteiger partial charge is 0.304 e. The molecule has 0 rings (SSSR count). The summed E-state index contributed by atoms with van der Waals surface area (Å²) in [5.74, 6) is -1.24. The quantitative estimate of drug-likeness (QED) is 0.262. The number of nitro groups is 1. The van der Waals surface area contributed by atoms with Crippen molar-refractivity contribution in [1.29, 1.82) is 0 Å². The fraction of sp³-hybridized carbons (Fsp3) is 1.00. The Morgan fingerprint density at radius 3 is 2.06 bits per heavy atom.